The number of hydrogen-bond acceptors (Lipinski definition) is 11. The standard InChI is InChI=1S/C43H49N11O7/c1-9-34(56)32-15-28(21-50(32)4)48-43(61)33-13-26(19-49(33)3)14-35(57)39-45-29(22-52(39)6)17-37(59)41-47-31(24-54(41)8)18-38(60)42-46-30(23-53(42)7)16-36(58)40-44-27(20-51(40)5)12-10-11-25(2)55/h13,15,19-24H,9-12,14,16-18H2,1-8H3,(H,48,61). The van der Waals surface area contributed by atoms with Crippen LogP contribution in [-0.4, -0.2) is 87.9 Å². The van der Waals surface area contributed by atoms with Gasteiger partial charge in [-0.3, -0.25) is 28.8 Å². The van der Waals surface area contributed by atoms with Crippen LogP contribution in [0.5, 0.6) is 0 Å². The van der Waals surface area contributed by atoms with Gasteiger partial charge in [0.1, 0.15) is 11.5 Å². The summed E-state index contributed by atoms with van der Waals surface area (Å²) in [6.45, 7) is 3.31. The highest BCUT2D eigenvalue weighted by atomic mass is 16.2. The van der Waals surface area contributed by atoms with Crippen molar-refractivity contribution in [2.45, 2.75) is 65.2 Å². The number of carbonyl (C=O) groups excluding carboxylic acids is 7. The summed E-state index contributed by atoms with van der Waals surface area (Å²) < 4.78 is 9.58. The summed E-state index contributed by atoms with van der Waals surface area (Å²) in [6, 6.07) is 3.25. The second-order valence-electron chi connectivity index (χ2n) is 15.4. The molecule has 61 heavy (non-hydrogen) atoms. The lowest BCUT2D eigenvalue weighted by Gasteiger charge is -2.03. The third kappa shape index (κ3) is 10.0. The van der Waals surface area contributed by atoms with Gasteiger partial charge in [0.15, 0.2) is 29.1 Å². The van der Waals surface area contributed by atoms with Crippen LogP contribution in [0.1, 0.15) is 125 Å². The molecule has 0 spiro atoms. The molecular weight excluding hydrogens is 783 g/mol. The quantitative estimate of drug-likeness (QED) is 0.109. The lowest BCUT2D eigenvalue weighted by Crippen LogP contribution is -2.14. The van der Waals surface area contributed by atoms with E-state index in [0.717, 1.165) is 5.69 Å². The van der Waals surface area contributed by atoms with Gasteiger partial charge in [-0.2, -0.15) is 0 Å². The number of imidazole rings is 4. The van der Waals surface area contributed by atoms with Crippen LogP contribution in [0, 0.1) is 0 Å². The van der Waals surface area contributed by atoms with Crippen molar-refractivity contribution in [3.63, 3.8) is 0 Å². The van der Waals surface area contributed by atoms with Crippen molar-refractivity contribution in [1.29, 1.82) is 0 Å². The van der Waals surface area contributed by atoms with Gasteiger partial charge in [-0.25, -0.2) is 19.9 Å². The number of Topliss-reactive ketones (excluding diaryl/α,β-unsaturated/α-hetero) is 6. The van der Waals surface area contributed by atoms with E-state index in [4.69, 9.17) is 0 Å². The molecular formula is C43H49N11O7. The SMILES string of the molecule is CCC(=O)c1cc(NC(=O)c2cc(CC(=O)c3nc(CC(=O)c4nc(CC(=O)c5nc(CC(=O)c6nc(CCCC(C)=O)cn6C)cn5C)cn4C)cn3C)cn2C)cn1C. The summed E-state index contributed by atoms with van der Waals surface area (Å²) in [7, 11) is 10.1. The second kappa shape index (κ2) is 18.0. The normalized spacial score (nSPS) is 11.3. The van der Waals surface area contributed by atoms with Gasteiger partial charge in [-0.1, -0.05) is 6.92 Å². The van der Waals surface area contributed by atoms with Gasteiger partial charge in [0.05, 0.1) is 53.4 Å². The number of rotatable bonds is 20. The number of ketones is 6. The van der Waals surface area contributed by atoms with Gasteiger partial charge in [-0.15, -0.1) is 0 Å². The summed E-state index contributed by atoms with van der Waals surface area (Å²) in [4.78, 5) is 108. The fourth-order valence-electron chi connectivity index (χ4n) is 7.28. The number of amides is 1. The van der Waals surface area contributed by atoms with Crippen LogP contribution < -0.4 is 5.32 Å². The number of nitrogens with one attached hydrogen (secondary N) is 1. The summed E-state index contributed by atoms with van der Waals surface area (Å²) >= 11 is 0. The molecule has 1 amide bonds. The number of aromatic nitrogens is 10. The van der Waals surface area contributed by atoms with Gasteiger partial charge < -0.3 is 37.5 Å². The minimum absolute atomic E-state index is 0.0412. The van der Waals surface area contributed by atoms with Gasteiger partial charge >= 0.3 is 0 Å². The molecule has 18 heteroatoms. The maximum absolute atomic E-state index is 13.4. The minimum atomic E-state index is -0.396. The van der Waals surface area contributed by atoms with E-state index in [9.17, 15) is 33.6 Å². The fraction of sp³-hybridized carbons (Fsp3) is 0.372. The molecule has 6 rings (SSSR count). The first-order chi connectivity index (χ1) is 28.9. The fourth-order valence-corrected chi connectivity index (χ4v) is 7.28. The van der Waals surface area contributed by atoms with Crippen LogP contribution in [0.15, 0.2) is 49.3 Å². The number of nitrogens with zero attached hydrogens (tertiary/aromatic N) is 10. The van der Waals surface area contributed by atoms with Crippen molar-refractivity contribution in [2.75, 3.05) is 5.32 Å². The zero-order chi connectivity index (χ0) is 44.3. The number of anilines is 1. The Kier molecular flexibility index (Phi) is 12.8. The van der Waals surface area contributed by atoms with Crippen molar-refractivity contribution in [3.05, 3.63) is 112 Å². The van der Waals surface area contributed by atoms with Crippen LogP contribution in [0.3, 0.4) is 0 Å². The van der Waals surface area contributed by atoms with E-state index < -0.39 is 5.91 Å². The number of carbonyl (C=O) groups is 7. The lowest BCUT2D eigenvalue weighted by molar-refractivity contribution is -0.117. The van der Waals surface area contributed by atoms with Crippen LogP contribution in [0.25, 0.3) is 0 Å². The Morgan fingerprint density at radius 3 is 1.39 bits per heavy atom. The van der Waals surface area contributed by atoms with Crippen molar-refractivity contribution in [2.24, 2.45) is 42.3 Å². The smallest absolute Gasteiger partial charge is 0.272 e. The van der Waals surface area contributed by atoms with Gasteiger partial charge in [0, 0.05) is 98.7 Å². The average molecular weight is 832 g/mol. The monoisotopic (exact) mass is 831 g/mol. The van der Waals surface area contributed by atoms with E-state index in [-0.39, 0.29) is 83.7 Å². The molecule has 0 aliphatic carbocycles. The van der Waals surface area contributed by atoms with E-state index in [1.165, 1.54) is 4.57 Å². The van der Waals surface area contributed by atoms with E-state index in [1.54, 1.807) is 128 Å². The van der Waals surface area contributed by atoms with E-state index in [2.05, 4.69) is 25.3 Å². The molecule has 0 saturated carbocycles. The van der Waals surface area contributed by atoms with Gasteiger partial charge in [-0.05, 0) is 37.5 Å². The molecule has 0 aliphatic rings. The second-order valence-corrected chi connectivity index (χ2v) is 15.4. The lowest BCUT2D eigenvalue weighted by atomic mass is 10.1. The Morgan fingerprint density at radius 1 is 0.508 bits per heavy atom. The Labute approximate surface area is 351 Å². The molecule has 6 heterocycles. The van der Waals surface area contributed by atoms with Crippen LogP contribution in [0.4, 0.5) is 5.69 Å². The zero-order valence-corrected chi connectivity index (χ0v) is 35.6. The zero-order valence-electron chi connectivity index (χ0n) is 35.6. The highest BCUT2D eigenvalue weighted by Crippen LogP contribution is 2.19. The minimum Gasteiger partial charge on any atom is -0.346 e. The van der Waals surface area contributed by atoms with Gasteiger partial charge in [0.25, 0.3) is 5.91 Å². The third-order valence-electron chi connectivity index (χ3n) is 10.2. The van der Waals surface area contributed by atoms with E-state index in [1.807, 2.05) is 0 Å². The number of aryl methyl sites for hydroxylation is 7. The van der Waals surface area contributed by atoms with Crippen LogP contribution >= 0.6 is 0 Å². The Hall–Kier alpha value is -7.11. The van der Waals surface area contributed by atoms with Crippen LogP contribution in [-0.2, 0) is 79.2 Å². The maximum atomic E-state index is 13.4. The largest absolute Gasteiger partial charge is 0.346 e. The van der Waals surface area contributed by atoms with Crippen LogP contribution in [0.2, 0.25) is 0 Å². The molecule has 0 unspecified atom stereocenters. The third-order valence-corrected chi connectivity index (χ3v) is 10.2. The first-order valence-electron chi connectivity index (χ1n) is 19.8. The molecule has 1 N–H and O–H groups in total. The number of hydrogen-bond donors (Lipinski definition) is 1. The average Bonchev–Trinajstić information content (AvgIpc) is 4.04. The van der Waals surface area contributed by atoms with E-state index in [0.29, 0.717) is 65.4 Å². The molecule has 6 aromatic rings. The summed E-state index contributed by atoms with van der Waals surface area (Å²) in [5, 5.41) is 2.81. The van der Waals surface area contributed by atoms with Crippen molar-refractivity contribution >= 4 is 46.3 Å². The predicted molar refractivity (Wildman–Crippen MR) is 222 cm³/mol. The molecule has 6 aromatic heterocycles. The first kappa shape index (κ1) is 43.5. The van der Waals surface area contributed by atoms with E-state index >= 15 is 0 Å². The first-order valence-corrected chi connectivity index (χ1v) is 19.8. The summed E-state index contributed by atoms with van der Waals surface area (Å²) in [5.41, 5.74) is 3.73. The highest BCUT2D eigenvalue weighted by molar-refractivity contribution is 6.05. The molecule has 318 valence electrons. The van der Waals surface area contributed by atoms with Gasteiger partial charge in [0.2, 0.25) is 23.1 Å². The topological polar surface area (TPSA) is 213 Å². The molecule has 0 saturated heterocycles. The molecule has 18 nitrogen and oxygen atoms in total. The predicted octanol–water partition coefficient (Wildman–Crippen LogP) is 3.76. The molecule has 0 radical (unpaired) electrons. The molecule has 0 atom stereocenters. The molecule has 0 aromatic carbocycles. The summed E-state index contributed by atoms with van der Waals surface area (Å²) in [6.07, 6.45) is 11.6. The van der Waals surface area contributed by atoms with Crippen molar-refractivity contribution in [3.8, 4) is 0 Å². The summed E-state index contributed by atoms with van der Waals surface area (Å²) in [5.74, 6) is -0.958. The Bertz CT molecular complexity index is 2710. The maximum Gasteiger partial charge on any atom is 0.272 e. The van der Waals surface area contributed by atoms with Crippen molar-refractivity contribution in [1.82, 2.24) is 47.3 Å². The van der Waals surface area contributed by atoms with Crippen molar-refractivity contribution < 1.29 is 33.6 Å². The Morgan fingerprint density at radius 2 is 0.934 bits per heavy atom. The highest BCUT2D eigenvalue weighted by Gasteiger charge is 2.24. The molecule has 0 fully saturated rings. The molecule has 0 bridgehead atoms. The molecule has 0 aliphatic heterocycles. The Balaban J connectivity index is 1.04.